The van der Waals surface area contributed by atoms with Gasteiger partial charge in [0.25, 0.3) is 5.79 Å². The first-order valence-electron chi connectivity index (χ1n) is 13.2. The van der Waals surface area contributed by atoms with E-state index in [0.29, 0.717) is 0 Å². The Kier molecular flexibility index (Phi) is 12.1. The van der Waals surface area contributed by atoms with Gasteiger partial charge in [0.2, 0.25) is 5.91 Å². The largest absolute Gasteiger partial charge is 0.477 e. The number of carboxylic acid groups (broad SMARTS) is 1. The van der Waals surface area contributed by atoms with Gasteiger partial charge in [0.1, 0.15) is 67.1 Å². The van der Waals surface area contributed by atoms with Crippen molar-refractivity contribution in [2.45, 2.75) is 111 Å². The molecule has 0 aromatic rings. The van der Waals surface area contributed by atoms with Crippen molar-refractivity contribution in [2.75, 3.05) is 19.8 Å². The average Bonchev–Trinajstić information content (AvgIpc) is 2.96. The van der Waals surface area contributed by atoms with Crippen LogP contribution in [0.4, 0.5) is 0 Å². The maximum atomic E-state index is 12.5. The van der Waals surface area contributed by atoms with Gasteiger partial charge in [-0.1, -0.05) is 0 Å². The Labute approximate surface area is 243 Å². The standard InChI is InChI=1S/C23H39NO19/c1-6(28)24-11-7(29)2-23(22(37)38,42-18(11)12(31)8(30)3-25)43-19-13(32)9(4-26)40-21(16(19)35)41-17-10(5-27)39-20(36)15(34)14(17)33/h7-21,25-27,29-36H,2-5H2,1H3,(H,24,28)(H,37,38)/t7-,8?,9+,10+,11+,12?,13-,14+,15+,16+,17+,18+,19-,20?,21-,23-/m0/s1. The van der Waals surface area contributed by atoms with Gasteiger partial charge >= 0.3 is 5.97 Å². The molecule has 0 radical (unpaired) electrons. The molecule has 3 rings (SSSR count). The predicted octanol–water partition coefficient (Wildman–Crippen LogP) is -8.22. The maximum Gasteiger partial charge on any atom is 0.364 e. The van der Waals surface area contributed by atoms with Crippen molar-refractivity contribution in [2.24, 2.45) is 0 Å². The average molecular weight is 634 g/mol. The molecule has 0 spiro atoms. The van der Waals surface area contributed by atoms with Gasteiger partial charge in [0.05, 0.1) is 32.0 Å². The summed E-state index contributed by atoms with van der Waals surface area (Å²) in [6.45, 7) is -1.85. The summed E-state index contributed by atoms with van der Waals surface area (Å²) in [6, 6.07) is -1.54. The lowest BCUT2D eigenvalue weighted by Gasteiger charge is -2.50. The van der Waals surface area contributed by atoms with Crippen LogP contribution in [-0.2, 0) is 33.3 Å². The predicted molar refractivity (Wildman–Crippen MR) is 130 cm³/mol. The van der Waals surface area contributed by atoms with Crippen molar-refractivity contribution in [3.63, 3.8) is 0 Å². The number of hydrogen-bond donors (Lipinski definition) is 13. The van der Waals surface area contributed by atoms with Gasteiger partial charge in [-0.25, -0.2) is 4.79 Å². The molecule has 20 nitrogen and oxygen atoms in total. The minimum absolute atomic E-state index is 0.749. The second-order valence-electron chi connectivity index (χ2n) is 10.5. The van der Waals surface area contributed by atoms with E-state index in [1.807, 2.05) is 0 Å². The summed E-state index contributed by atoms with van der Waals surface area (Å²) in [5, 5.41) is 124. The Bertz CT molecular complexity index is 942. The monoisotopic (exact) mass is 633 g/mol. The molecule has 20 heteroatoms. The summed E-state index contributed by atoms with van der Waals surface area (Å²) >= 11 is 0. The van der Waals surface area contributed by atoms with Crippen LogP contribution in [0.25, 0.3) is 0 Å². The van der Waals surface area contributed by atoms with Crippen LogP contribution in [0.15, 0.2) is 0 Å². The van der Waals surface area contributed by atoms with Gasteiger partial charge in [-0.2, -0.15) is 0 Å². The van der Waals surface area contributed by atoms with Crippen LogP contribution in [0.1, 0.15) is 13.3 Å². The zero-order valence-electron chi connectivity index (χ0n) is 22.7. The third kappa shape index (κ3) is 7.41. The molecule has 0 bridgehead atoms. The topological polar surface area (TPSA) is 335 Å². The highest BCUT2D eigenvalue weighted by atomic mass is 16.8. The van der Waals surface area contributed by atoms with E-state index in [1.54, 1.807) is 0 Å². The smallest absolute Gasteiger partial charge is 0.364 e. The molecule has 3 fully saturated rings. The number of carbonyl (C=O) groups is 2. The van der Waals surface area contributed by atoms with Gasteiger partial charge in [0, 0.05) is 13.3 Å². The van der Waals surface area contributed by atoms with Crippen LogP contribution in [0.2, 0.25) is 0 Å². The SMILES string of the molecule is CC(=O)N[C@@H]1[C@@H](O)C[C@](O[C@H]2[C@@H](O)[C@@H](CO)O[C@@H](O[C@H]3[C@H](O)[C@@H](O)C(O)O[C@@H]3CO)[C@@H]2O)(C(=O)O)O[C@H]1C(O)C(O)CO. The number of aliphatic hydroxyl groups excluding tert-OH is 11. The van der Waals surface area contributed by atoms with Crippen molar-refractivity contribution in [3.8, 4) is 0 Å². The van der Waals surface area contributed by atoms with E-state index in [4.69, 9.17) is 23.7 Å². The van der Waals surface area contributed by atoms with Gasteiger partial charge in [-0.05, 0) is 0 Å². The fourth-order valence-electron chi connectivity index (χ4n) is 5.16. The molecule has 3 aliphatic heterocycles. The van der Waals surface area contributed by atoms with Crippen molar-refractivity contribution < 1.29 is 94.6 Å². The molecule has 0 saturated carbocycles. The minimum atomic E-state index is -3.02. The molecule has 0 aliphatic carbocycles. The first kappa shape index (κ1) is 35.8. The van der Waals surface area contributed by atoms with Crippen molar-refractivity contribution >= 4 is 11.9 Å². The zero-order chi connectivity index (χ0) is 32.4. The number of ether oxygens (including phenoxy) is 5. The number of aliphatic carboxylic acids is 1. The number of aliphatic hydroxyl groups is 11. The Morgan fingerprint density at radius 1 is 0.907 bits per heavy atom. The van der Waals surface area contributed by atoms with E-state index in [2.05, 4.69) is 5.32 Å². The number of carbonyl (C=O) groups excluding carboxylic acids is 1. The van der Waals surface area contributed by atoms with Crippen LogP contribution < -0.4 is 5.32 Å². The molecule has 0 aromatic heterocycles. The second kappa shape index (κ2) is 14.6. The van der Waals surface area contributed by atoms with E-state index in [1.165, 1.54) is 0 Å². The molecule has 250 valence electrons. The summed E-state index contributed by atoms with van der Waals surface area (Å²) in [5.74, 6) is -5.74. The lowest BCUT2D eigenvalue weighted by atomic mass is 9.88. The fraction of sp³-hybridized carbons (Fsp3) is 0.913. The third-order valence-electron chi connectivity index (χ3n) is 7.47. The van der Waals surface area contributed by atoms with E-state index in [0.717, 1.165) is 6.92 Å². The summed E-state index contributed by atoms with van der Waals surface area (Å²) in [7, 11) is 0. The number of rotatable bonds is 11. The summed E-state index contributed by atoms with van der Waals surface area (Å²) in [6.07, 6.45) is -27.8. The second-order valence-corrected chi connectivity index (χ2v) is 10.5. The Balaban J connectivity index is 1.94. The van der Waals surface area contributed by atoms with Crippen LogP contribution in [0.5, 0.6) is 0 Å². The molecule has 3 saturated heterocycles. The Morgan fingerprint density at radius 3 is 2.07 bits per heavy atom. The minimum Gasteiger partial charge on any atom is -0.477 e. The molecule has 16 atom stereocenters. The quantitative estimate of drug-likeness (QED) is 0.100. The molecule has 3 aliphatic rings. The molecular formula is C23H39NO19. The fourth-order valence-corrected chi connectivity index (χ4v) is 5.16. The van der Waals surface area contributed by atoms with Gasteiger partial charge in [0.15, 0.2) is 12.6 Å². The third-order valence-corrected chi connectivity index (χ3v) is 7.47. The highest BCUT2D eigenvalue weighted by molar-refractivity contribution is 5.76. The first-order valence-corrected chi connectivity index (χ1v) is 13.2. The van der Waals surface area contributed by atoms with Crippen molar-refractivity contribution in [1.82, 2.24) is 5.32 Å². The summed E-state index contributed by atoms with van der Waals surface area (Å²) < 4.78 is 26.8. The van der Waals surface area contributed by atoms with Crippen LogP contribution >= 0.6 is 0 Å². The maximum absolute atomic E-state index is 12.5. The lowest BCUT2D eigenvalue weighted by Crippen LogP contribution is -2.70. The molecule has 13 N–H and O–H groups in total. The molecule has 43 heavy (non-hydrogen) atoms. The zero-order valence-corrected chi connectivity index (χ0v) is 22.7. The number of nitrogens with one attached hydrogen (secondary N) is 1. The molecule has 3 unspecified atom stereocenters. The van der Waals surface area contributed by atoms with Gasteiger partial charge in [-0.3, -0.25) is 4.79 Å². The summed E-state index contributed by atoms with van der Waals surface area (Å²) in [5.41, 5.74) is 0. The Morgan fingerprint density at radius 2 is 1.53 bits per heavy atom. The number of hydrogen-bond acceptors (Lipinski definition) is 18. The summed E-state index contributed by atoms with van der Waals surface area (Å²) in [4.78, 5) is 24.3. The molecule has 0 aromatic carbocycles. The van der Waals surface area contributed by atoms with E-state index in [9.17, 15) is 70.9 Å². The van der Waals surface area contributed by atoms with E-state index in [-0.39, 0.29) is 0 Å². The molecule has 3 heterocycles. The highest BCUT2D eigenvalue weighted by Gasteiger charge is 2.60. The lowest BCUT2D eigenvalue weighted by molar-refractivity contribution is -0.385. The van der Waals surface area contributed by atoms with Crippen molar-refractivity contribution in [3.05, 3.63) is 0 Å². The van der Waals surface area contributed by atoms with Crippen molar-refractivity contribution in [1.29, 1.82) is 0 Å². The van der Waals surface area contributed by atoms with Gasteiger partial charge < -0.3 is 90.3 Å². The van der Waals surface area contributed by atoms with Crippen LogP contribution in [0.3, 0.4) is 0 Å². The van der Waals surface area contributed by atoms with Gasteiger partial charge in [-0.15, -0.1) is 0 Å². The highest BCUT2D eigenvalue weighted by Crippen LogP contribution is 2.38. The van der Waals surface area contributed by atoms with Crippen LogP contribution in [0, 0.1) is 0 Å². The van der Waals surface area contributed by atoms with E-state index < -0.39 is 136 Å². The van der Waals surface area contributed by atoms with E-state index >= 15 is 0 Å². The molecule has 1 amide bonds. The number of carboxylic acids is 1. The number of amides is 1. The normalized spacial score (nSPS) is 45.3. The molecular weight excluding hydrogens is 594 g/mol. The van der Waals surface area contributed by atoms with Crippen LogP contribution in [-0.4, -0.2) is 191 Å². The first-order chi connectivity index (χ1) is 20.1. The Hall–Kier alpha value is -1.70.